The van der Waals surface area contributed by atoms with E-state index in [4.69, 9.17) is 4.98 Å². The summed E-state index contributed by atoms with van der Waals surface area (Å²) in [5.74, 6) is -0.0236. The molecule has 0 saturated heterocycles. The maximum atomic E-state index is 13.6. The van der Waals surface area contributed by atoms with Crippen molar-refractivity contribution in [1.29, 1.82) is 0 Å². The molecule has 1 aromatic carbocycles. The summed E-state index contributed by atoms with van der Waals surface area (Å²) in [4.78, 5) is 22.7. The molecule has 0 fully saturated rings. The maximum Gasteiger partial charge on any atom is 0.274 e. The van der Waals surface area contributed by atoms with Gasteiger partial charge in [0.1, 0.15) is 5.65 Å². The van der Waals surface area contributed by atoms with E-state index >= 15 is 0 Å². The third kappa shape index (κ3) is 4.93. The number of hydrogen-bond acceptors (Lipinski definition) is 3. The lowest BCUT2D eigenvalue weighted by atomic mass is 10.00. The Morgan fingerprint density at radius 2 is 2.03 bits per heavy atom. The molecule has 5 nitrogen and oxygen atoms in total. The first-order valence-electron chi connectivity index (χ1n) is 11.8. The summed E-state index contributed by atoms with van der Waals surface area (Å²) >= 11 is 0. The molecule has 0 bridgehead atoms. The molecule has 5 heteroatoms. The highest BCUT2D eigenvalue weighted by Crippen LogP contribution is 2.26. The van der Waals surface area contributed by atoms with E-state index in [0.29, 0.717) is 24.8 Å². The number of aromatic nitrogens is 2. The van der Waals surface area contributed by atoms with Gasteiger partial charge in [-0.2, -0.15) is 0 Å². The van der Waals surface area contributed by atoms with Crippen LogP contribution in [0.1, 0.15) is 47.1 Å². The molecule has 3 heterocycles. The van der Waals surface area contributed by atoms with Crippen LogP contribution in [0.15, 0.2) is 73.5 Å². The van der Waals surface area contributed by atoms with Crippen LogP contribution < -0.4 is 0 Å². The average Bonchev–Trinajstić information content (AvgIpc) is 3.19. The molecule has 33 heavy (non-hydrogen) atoms. The van der Waals surface area contributed by atoms with Crippen molar-refractivity contribution in [2.45, 2.75) is 51.7 Å². The molecule has 2 atom stereocenters. The van der Waals surface area contributed by atoms with Crippen LogP contribution in [0.5, 0.6) is 0 Å². The van der Waals surface area contributed by atoms with Crippen molar-refractivity contribution in [3.8, 4) is 0 Å². The smallest absolute Gasteiger partial charge is 0.274 e. The van der Waals surface area contributed by atoms with Gasteiger partial charge in [0.25, 0.3) is 5.91 Å². The second-order valence-corrected chi connectivity index (χ2v) is 9.01. The molecule has 172 valence electrons. The summed E-state index contributed by atoms with van der Waals surface area (Å²) in [7, 11) is 1.87. The van der Waals surface area contributed by atoms with Crippen LogP contribution in [0, 0.1) is 6.92 Å². The van der Waals surface area contributed by atoms with Crippen molar-refractivity contribution in [3.63, 3.8) is 0 Å². The lowest BCUT2D eigenvalue weighted by Crippen LogP contribution is -2.43. The predicted octanol–water partition coefficient (Wildman–Crippen LogP) is 5.05. The number of hydrogen-bond donors (Lipinski definition) is 0. The van der Waals surface area contributed by atoms with Gasteiger partial charge in [-0.15, -0.1) is 6.58 Å². The molecule has 0 N–H and O–H groups in total. The second-order valence-electron chi connectivity index (χ2n) is 9.01. The van der Waals surface area contributed by atoms with Crippen LogP contribution >= 0.6 is 0 Å². The molecule has 0 radical (unpaired) electrons. The Bertz CT molecular complexity index is 1150. The van der Waals surface area contributed by atoms with Gasteiger partial charge in [-0.3, -0.25) is 9.69 Å². The quantitative estimate of drug-likeness (QED) is 0.458. The van der Waals surface area contributed by atoms with Gasteiger partial charge in [-0.25, -0.2) is 4.98 Å². The number of pyridine rings is 1. The zero-order valence-corrected chi connectivity index (χ0v) is 19.9. The fourth-order valence-electron chi connectivity index (χ4n) is 4.68. The summed E-state index contributed by atoms with van der Waals surface area (Å²) in [5, 5.41) is 0. The number of aryl methyl sites for hydroxylation is 1. The van der Waals surface area contributed by atoms with Crippen LogP contribution in [0.4, 0.5) is 0 Å². The molecule has 3 aromatic rings. The maximum absolute atomic E-state index is 13.6. The van der Waals surface area contributed by atoms with Crippen LogP contribution in [0.25, 0.3) is 5.65 Å². The minimum atomic E-state index is -0.0236. The van der Waals surface area contributed by atoms with Gasteiger partial charge >= 0.3 is 0 Å². The Morgan fingerprint density at radius 3 is 2.79 bits per heavy atom. The topological polar surface area (TPSA) is 40.9 Å². The van der Waals surface area contributed by atoms with Crippen molar-refractivity contribution in [2.24, 2.45) is 0 Å². The highest BCUT2D eigenvalue weighted by atomic mass is 16.2. The third-order valence-corrected chi connectivity index (χ3v) is 6.66. The van der Waals surface area contributed by atoms with E-state index in [9.17, 15) is 4.79 Å². The molecular weight excluding hydrogens is 408 g/mol. The number of imidazole rings is 1. The molecule has 1 aliphatic heterocycles. The van der Waals surface area contributed by atoms with Gasteiger partial charge in [-0.1, -0.05) is 54.6 Å². The van der Waals surface area contributed by atoms with Gasteiger partial charge in [0.05, 0.1) is 5.69 Å². The van der Waals surface area contributed by atoms with Gasteiger partial charge in [0, 0.05) is 38.4 Å². The Labute approximate surface area is 197 Å². The van der Waals surface area contributed by atoms with Crippen molar-refractivity contribution >= 4 is 11.6 Å². The van der Waals surface area contributed by atoms with Crippen LogP contribution in [-0.4, -0.2) is 50.8 Å². The third-order valence-electron chi connectivity index (χ3n) is 6.66. The van der Waals surface area contributed by atoms with Crippen molar-refractivity contribution in [2.75, 3.05) is 13.6 Å². The number of fused-ring (bicyclic) bond motifs is 1. The van der Waals surface area contributed by atoms with Gasteiger partial charge in [0.2, 0.25) is 0 Å². The summed E-state index contributed by atoms with van der Waals surface area (Å²) in [6.45, 7) is 9.54. The monoisotopic (exact) mass is 442 g/mol. The number of amides is 1. The summed E-state index contributed by atoms with van der Waals surface area (Å²) in [6, 6.07) is 15.0. The van der Waals surface area contributed by atoms with E-state index in [2.05, 4.69) is 47.1 Å². The van der Waals surface area contributed by atoms with Gasteiger partial charge in [0.15, 0.2) is 5.69 Å². The van der Waals surface area contributed by atoms with E-state index in [1.54, 1.807) is 4.90 Å². The van der Waals surface area contributed by atoms with E-state index in [0.717, 1.165) is 36.2 Å². The number of carbonyl (C=O) groups is 1. The fraction of sp³-hybridized carbons (Fsp3) is 0.357. The number of nitrogens with zero attached hydrogens (tertiary/aromatic N) is 4. The minimum absolute atomic E-state index is 0.0236. The number of benzene rings is 1. The summed E-state index contributed by atoms with van der Waals surface area (Å²) in [6.07, 6.45) is 11.3. The predicted molar refractivity (Wildman–Crippen MR) is 134 cm³/mol. The molecule has 0 saturated carbocycles. The summed E-state index contributed by atoms with van der Waals surface area (Å²) < 4.78 is 2.10. The molecule has 0 unspecified atom stereocenters. The SMILES string of the molecule is C=CC[C@@H]1CC=C[C@@H](C)N1Cc1c(C(=O)N(C)CCc2ccccc2)nc2c(C)cccn12. The van der Waals surface area contributed by atoms with Crippen LogP contribution in [-0.2, 0) is 13.0 Å². The summed E-state index contributed by atoms with van der Waals surface area (Å²) in [5.41, 5.74) is 4.66. The first-order valence-corrected chi connectivity index (χ1v) is 11.8. The number of carbonyl (C=O) groups excluding carboxylic acids is 1. The Morgan fingerprint density at radius 1 is 1.24 bits per heavy atom. The second kappa shape index (κ2) is 10.2. The molecule has 4 rings (SSSR count). The zero-order valence-electron chi connectivity index (χ0n) is 19.9. The zero-order chi connectivity index (χ0) is 23.4. The molecule has 2 aromatic heterocycles. The van der Waals surface area contributed by atoms with E-state index in [1.165, 1.54) is 5.56 Å². The average molecular weight is 443 g/mol. The number of likely N-dealkylation sites (N-methyl/N-ethyl adjacent to an activating group) is 1. The molecule has 1 amide bonds. The molecule has 1 aliphatic rings. The Hall–Kier alpha value is -3.18. The molecule has 0 spiro atoms. The standard InChI is InChI=1S/C28H34N4O/c1-5-11-24-16-9-13-22(3)32(24)20-25-26(29-27-21(2)12-10-18-31(25)27)28(33)30(4)19-17-23-14-7-6-8-15-23/h5-10,12-15,18,22,24H,1,11,16-17,19-20H2,2-4H3/t22-,24-/m1/s1. The van der Waals surface area contributed by atoms with Crippen molar-refractivity contribution in [3.05, 3.63) is 96.0 Å². The minimum Gasteiger partial charge on any atom is -0.340 e. The lowest BCUT2D eigenvalue weighted by Gasteiger charge is -2.37. The van der Waals surface area contributed by atoms with Gasteiger partial charge < -0.3 is 9.30 Å². The number of rotatable bonds is 8. The van der Waals surface area contributed by atoms with Crippen molar-refractivity contribution < 1.29 is 4.79 Å². The van der Waals surface area contributed by atoms with E-state index in [1.807, 2.05) is 56.6 Å². The largest absolute Gasteiger partial charge is 0.340 e. The molecular formula is C28H34N4O. The first-order chi connectivity index (χ1) is 16.0. The van der Waals surface area contributed by atoms with E-state index < -0.39 is 0 Å². The normalized spacial score (nSPS) is 18.5. The lowest BCUT2D eigenvalue weighted by molar-refractivity contribution is 0.0786. The Kier molecular flexibility index (Phi) is 7.09. The molecule has 0 aliphatic carbocycles. The van der Waals surface area contributed by atoms with Gasteiger partial charge in [-0.05, 0) is 50.3 Å². The fourth-order valence-corrected chi connectivity index (χ4v) is 4.68. The van der Waals surface area contributed by atoms with Crippen LogP contribution in [0.3, 0.4) is 0 Å². The highest BCUT2D eigenvalue weighted by Gasteiger charge is 2.29. The van der Waals surface area contributed by atoms with Crippen LogP contribution in [0.2, 0.25) is 0 Å². The van der Waals surface area contributed by atoms with E-state index in [-0.39, 0.29) is 11.9 Å². The Balaban J connectivity index is 1.65. The van der Waals surface area contributed by atoms with Crippen molar-refractivity contribution in [1.82, 2.24) is 19.2 Å². The first kappa shape index (κ1) is 23.0. The highest BCUT2D eigenvalue weighted by molar-refractivity contribution is 5.94.